The summed E-state index contributed by atoms with van der Waals surface area (Å²) in [6.07, 6.45) is 0.883. The van der Waals surface area contributed by atoms with Gasteiger partial charge in [0.2, 0.25) is 0 Å². The van der Waals surface area contributed by atoms with Crippen molar-refractivity contribution in [2.75, 3.05) is 28.2 Å². The topological polar surface area (TPSA) is 52.7 Å². The van der Waals surface area contributed by atoms with Gasteiger partial charge < -0.3 is 15.1 Å². The molecular weight excluding hydrogens is 538 g/mol. The Balaban J connectivity index is 1.18. The molecule has 1 aliphatic rings. The van der Waals surface area contributed by atoms with E-state index >= 15 is 0 Å². The molecule has 0 unspecified atom stereocenters. The van der Waals surface area contributed by atoms with Crippen molar-refractivity contribution >= 4 is 39.5 Å². The van der Waals surface area contributed by atoms with Gasteiger partial charge in [-0.2, -0.15) is 0 Å². The van der Waals surface area contributed by atoms with E-state index < -0.39 is 0 Å². The Morgan fingerprint density at radius 3 is 2.36 bits per heavy atom. The van der Waals surface area contributed by atoms with E-state index in [9.17, 15) is 9.59 Å². The Bertz CT molecular complexity index is 1730. The highest BCUT2D eigenvalue weighted by atomic mass is 32.1. The normalized spacial score (nSPS) is 12.9. The summed E-state index contributed by atoms with van der Waals surface area (Å²) in [5.41, 5.74) is 8.32. The van der Waals surface area contributed by atoms with Crippen molar-refractivity contribution in [2.24, 2.45) is 0 Å². The Morgan fingerprint density at radius 1 is 0.810 bits per heavy atom. The Labute approximate surface area is 251 Å². The Morgan fingerprint density at radius 2 is 1.57 bits per heavy atom. The van der Waals surface area contributed by atoms with Gasteiger partial charge in [0, 0.05) is 36.4 Å². The molecule has 0 radical (unpaired) electrons. The average molecular weight is 572 g/mol. The molecule has 4 aromatic carbocycles. The second-order valence-corrected chi connectivity index (χ2v) is 11.6. The first-order valence-corrected chi connectivity index (χ1v) is 15.1. The Hall–Kier alpha value is -4.68. The van der Waals surface area contributed by atoms with Crippen molar-refractivity contribution in [1.82, 2.24) is 0 Å². The summed E-state index contributed by atoms with van der Waals surface area (Å²) in [4.78, 5) is 31.4. The van der Waals surface area contributed by atoms with Crippen molar-refractivity contribution in [2.45, 2.75) is 26.8 Å². The molecule has 1 aliphatic heterocycles. The maximum atomic E-state index is 13.7. The summed E-state index contributed by atoms with van der Waals surface area (Å²) in [5, 5.41) is 6.21. The summed E-state index contributed by atoms with van der Waals surface area (Å²) in [5.74, 6) is -0.215. The summed E-state index contributed by atoms with van der Waals surface area (Å²) in [7, 11) is 0. The molecule has 0 bridgehead atoms. The lowest BCUT2D eigenvalue weighted by atomic mass is 9.94. The smallest absolute Gasteiger partial charge is 0.258 e. The molecule has 0 saturated heterocycles. The molecule has 0 atom stereocenters. The van der Waals surface area contributed by atoms with E-state index in [0.717, 1.165) is 46.9 Å². The van der Waals surface area contributed by atoms with Gasteiger partial charge >= 0.3 is 0 Å². The van der Waals surface area contributed by atoms with Crippen molar-refractivity contribution in [3.63, 3.8) is 0 Å². The van der Waals surface area contributed by atoms with Crippen LogP contribution < -0.4 is 15.1 Å². The molecule has 0 aliphatic carbocycles. The number of hydrogen-bond donors (Lipinski definition) is 1. The molecule has 1 aromatic heterocycles. The van der Waals surface area contributed by atoms with E-state index in [-0.39, 0.29) is 11.8 Å². The maximum Gasteiger partial charge on any atom is 0.258 e. The van der Waals surface area contributed by atoms with E-state index in [1.165, 1.54) is 11.1 Å². The van der Waals surface area contributed by atoms with E-state index in [1.807, 2.05) is 41.3 Å². The zero-order chi connectivity index (χ0) is 29.1. The van der Waals surface area contributed by atoms with Crippen molar-refractivity contribution in [1.29, 1.82) is 0 Å². The van der Waals surface area contributed by atoms with Crippen molar-refractivity contribution in [3.8, 4) is 11.1 Å². The Kier molecular flexibility index (Phi) is 7.89. The van der Waals surface area contributed by atoms with E-state index in [4.69, 9.17) is 0 Å². The van der Waals surface area contributed by atoms with Crippen LogP contribution in [0.1, 0.15) is 43.8 Å². The number of thiophene rings is 1. The van der Waals surface area contributed by atoms with Gasteiger partial charge in [0.05, 0.1) is 5.69 Å². The summed E-state index contributed by atoms with van der Waals surface area (Å²) >= 11 is 1.68. The molecule has 0 saturated carbocycles. The number of carbonyl (C=O) groups is 2. The number of aryl methyl sites for hydroxylation is 2. The standard InChI is InChI=1S/C36H33N3O2S/c1-25-13-18-30(26(2)23-25)31-11-6-7-12-32(31)34(40)37-29-16-14-28(15-17-29)35(41)39-21-8-20-38(36-33(39)19-22-42-36)24-27-9-4-3-5-10-27/h3-7,9-19,22-23H,8,20-21,24H2,1-2H3,(H,37,40). The molecule has 42 heavy (non-hydrogen) atoms. The number of nitrogens with zero attached hydrogens (tertiary/aromatic N) is 2. The molecule has 1 N–H and O–H groups in total. The average Bonchev–Trinajstić information content (AvgIpc) is 3.42. The minimum absolute atomic E-state index is 0.0331. The molecular formula is C36H33N3O2S. The SMILES string of the molecule is Cc1ccc(-c2ccccc2C(=O)Nc2ccc(C(=O)N3CCCN(Cc4ccccc4)c4sccc43)cc2)c(C)c1. The third-order valence-corrected chi connectivity index (χ3v) is 8.67. The van der Waals surface area contributed by atoms with E-state index in [2.05, 4.69) is 71.9 Å². The van der Waals surface area contributed by atoms with Gasteiger partial charge in [-0.05, 0) is 84.3 Å². The van der Waals surface area contributed by atoms with Gasteiger partial charge in [-0.1, -0.05) is 72.3 Å². The van der Waals surface area contributed by atoms with E-state index in [1.54, 1.807) is 35.6 Å². The molecule has 2 heterocycles. The predicted molar refractivity (Wildman–Crippen MR) is 174 cm³/mol. The molecule has 6 rings (SSSR count). The van der Waals surface area contributed by atoms with Crippen LogP contribution in [0.25, 0.3) is 11.1 Å². The van der Waals surface area contributed by atoms with Crippen LogP contribution in [0.5, 0.6) is 0 Å². The van der Waals surface area contributed by atoms with Gasteiger partial charge in [-0.15, -0.1) is 11.3 Å². The first kappa shape index (κ1) is 27.5. The van der Waals surface area contributed by atoms with Gasteiger partial charge in [-0.25, -0.2) is 0 Å². The molecule has 5 aromatic rings. The highest BCUT2D eigenvalue weighted by Gasteiger charge is 2.27. The van der Waals surface area contributed by atoms with Crippen molar-refractivity contribution in [3.05, 3.63) is 136 Å². The molecule has 210 valence electrons. The maximum absolute atomic E-state index is 13.7. The van der Waals surface area contributed by atoms with Crippen LogP contribution in [0.3, 0.4) is 0 Å². The monoisotopic (exact) mass is 571 g/mol. The van der Waals surface area contributed by atoms with Crippen LogP contribution >= 0.6 is 11.3 Å². The second-order valence-electron chi connectivity index (χ2n) is 10.7. The highest BCUT2D eigenvalue weighted by molar-refractivity contribution is 7.15. The fourth-order valence-corrected chi connectivity index (χ4v) is 6.56. The minimum atomic E-state index is -0.182. The quantitative estimate of drug-likeness (QED) is 0.223. The van der Waals surface area contributed by atoms with Crippen LogP contribution in [0.4, 0.5) is 16.4 Å². The number of benzene rings is 4. The van der Waals surface area contributed by atoms with Gasteiger partial charge in [0.25, 0.3) is 11.8 Å². The molecule has 0 fully saturated rings. The minimum Gasteiger partial charge on any atom is -0.357 e. The fraction of sp³-hybridized carbons (Fsp3) is 0.167. The summed E-state index contributed by atoms with van der Waals surface area (Å²) < 4.78 is 0. The first-order chi connectivity index (χ1) is 20.5. The first-order valence-electron chi connectivity index (χ1n) is 14.2. The highest BCUT2D eigenvalue weighted by Crippen LogP contribution is 2.39. The fourth-order valence-electron chi connectivity index (χ4n) is 5.63. The molecule has 0 spiro atoms. The number of hydrogen-bond acceptors (Lipinski definition) is 4. The molecule has 6 heteroatoms. The molecule has 2 amide bonds. The number of fused-ring (bicyclic) bond motifs is 1. The molecule has 5 nitrogen and oxygen atoms in total. The number of amides is 2. The lowest BCUT2D eigenvalue weighted by molar-refractivity contribution is 0.0986. The number of anilines is 3. The second kappa shape index (κ2) is 12.0. The number of nitrogens with one attached hydrogen (secondary N) is 1. The third kappa shape index (κ3) is 5.71. The van der Waals surface area contributed by atoms with E-state index in [0.29, 0.717) is 23.4 Å². The van der Waals surface area contributed by atoms with Gasteiger partial charge in [0.1, 0.15) is 5.00 Å². The zero-order valence-electron chi connectivity index (χ0n) is 23.8. The summed E-state index contributed by atoms with van der Waals surface area (Å²) in [6.45, 7) is 6.49. The lowest BCUT2D eigenvalue weighted by Gasteiger charge is -2.24. The summed E-state index contributed by atoms with van der Waals surface area (Å²) in [6, 6.07) is 33.6. The van der Waals surface area contributed by atoms with Crippen LogP contribution in [-0.4, -0.2) is 24.9 Å². The largest absolute Gasteiger partial charge is 0.357 e. The van der Waals surface area contributed by atoms with Crippen LogP contribution in [0.2, 0.25) is 0 Å². The zero-order valence-corrected chi connectivity index (χ0v) is 24.7. The van der Waals surface area contributed by atoms with Gasteiger partial charge in [0.15, 0.2) is 0 Å². The lowest BCUT2D eigenvalue weighted by Crippen LogP contribution is -2.31. The third-order valence-electron chi connectivity index (χ3n) is 7.71. The van der Waals surface area contributed by atoms with Crippen LogP contribution in [0.15, 0.2) is 109 Å². The van der Waals surface area contributed by atoms with Crippen LogP contribution in [0, 0.1) is 13.8 Å². The van der Waals surface area contributed by atoms with Crippen LogP contribution in [-0.2, 0) is 6.54 Å². The number of carbonyl (C=O) groups excluding carboxylic acids is 2. The number of rotatable bonds is 6. The predicted octanol–water partition coefficient (Wildman–Crippen LogP) is 8.34. The van der Waals surface area contributed by atoms with Gasteiger partial charge in [-0.3, -0.25) is 9.59 Å². The van der Waals surface area contributed by atoms with Crippen molar-refractivity contribution < 1.29 is 9.59 Å².